The third kappa shape index (κ3) is 4.44. The fourth-order valence-corrected chi connectivity index (χ4v) is 7.42. The Labute approximate surface area is 247 Å². The first-order valence-corrected chi connectivity index (χ1v) is 15.3. The molecule has 2 unspecified atom stereocenters. The Kier molecular flexibility index (Phi) is 6.73. The molecule has 2 atom stereocenters. The quantitative estimate of drug-likeness (QED) is 0.243. The highest BCUT2D eigenvalue weighted by Crippen LogP contribution is 2.58. The summed E-state index contributed by atoms with van der Waals surface area (Å²) >= 11 is 0. The van der Waals surface area contributed by atoms with Crippen LogP contribution in [0.5, 0.6) is 0 Å². The van der Waals surface area contributed by atoms with Crippen molar-refractivity contribution in [2.75, 3.05) is 0 Å². The molecule has 0 aromatic heterocycles. The van der Waals surface area contributed by atoms with Gasteiger partial charge in [0.25, 0.3) is 0 Å². The molecule has 6 rings (SSSR count). The molecule has 4 aromatic carbocycles. The highest BCUT2D eigenvalue weighted by atomic mass is 14.4. The predicted octanol–water partition coefficient (Wildman–Crippen LogP) is 11.6. The van der Waals surface area contributed by atoms with Crippen molar-refractivity contribution in [2.45, 2.75) is 79.6 Å². The predicted molar refractivity (Wildman–Crippen MR) is 179 cm³/mol. The maximum Gasteiger partial charge on any atom is 0.0168 e. The molecule has 0 radical (unpaired) electrons. The van der Waals surface area contributed by atoms with E-state index in [4.69, 9.17) is 0 Å². The fourth-order valence-electron chi connectivity index (χ4n) is 7.42. The molecule has 0 heterocycles. The molecule has 0 heteroatoms. The Hall–Kier alpha value is -3.64. The summed E-state index contributed by atoms with van der Waals surface area (Å²) in [6.45, 7) is 21.0. The van der Waals surface area contributed by atoms with E-state index in [-0.39, 0.29) is 5.41 Å². The van der Waals surface area contributed by atoms with Crippen LogP contribution in [-0.4, -0.2) is 0 Å². The highest BCUT2D eigenvalue weighted by molar-refractivity contribution is 5.87. The average Bonchev–Trinajstić information content (AvgIpc) is 3.49. The summed E-state index contributed by atoms with van der Waals surface area (Å²) in [4.78, 5) is 0. The topological polar surface area (TPSA) is 0 Å². The van der Waals surface area contributed by atoms with Crippen molar-refractivity contribution in [1.29, 1.82) is 0 Å². The minimum Gasteiger partial charge on any atom is -0.0642 e. The van der Waals surface area contributed by atoms with Gasteiger partial charge >= 0.3 is 0 Å². The van der Waals surface area contributed by atoms with Crippen LogP contribution in [0.15, 0.2) is 83.9 Å². The summed E-state index contributed by atoms with van der Waals surface area (Å²) in [7, 11) is 0. The van der Waals surface area contributed by atoms with Crippen molar-refractivity contribution in [2.24, 2.45) is 5.92 Å². The van der Waals surface area contributed by atoms with Gasteiger partial charge in [0.1, 0.15) is 0 Å². The monoisotopic (exact) mass is 536 g/mol. The summed E-state index contributed by atoms with van der Waals surface area (Å²) in [5.41, 5.74) is 20.1. The lowest BCUT2D eigenvalue weighted by Gasteiger charge is -2.31. The van der Waals surface area contributed by atoms with Gasteiger partial charge in [0.2, 0.25) is 0 Å². The second kappa shape index (κ2) is 10.0. The summed E-state index contributed by atoms with van der Waals surface area (Å²) in [5.74, 6) is 1.12. The molecule has 0 fully saturated rings. The van der Waals surface area contributed by atoms with Gasteiger partial charge in [-0.25, -0.2) is 0 Å². The molecule has 4 aromatic rings. The zero-order valence-electron chi connectivity index (χ0n) is 26.3. The number of hydrogen-bond donors (Lipinski definition) is 0. The standard InChI is InChI=1S/C41H44/c1-24(2)34-23-36-32(29-14-11-10-12-15-29)16-13-17-33(36)39(34)37-25(3)22-35-27(5)26(4)28(6)38(40(35)37)30-18-20-31(21-19-30)41(7,8)9/h10-24,37,39H,1-9H3. The zero-order valence-corrected chi connectivity index (χ0v) is 26.3. The third-order valence-electron chi connectivity index (χ3n) is 9.91. The Balaban J connectivity index is 1.59. The molecule has 0 spiro atoms. The van der Waals surface area contributed by atoms with Crippen LogP contribution in [0.3, 0.4) is 0 Å². The van der Waals surface area contributed by atoms with Gasteiger partial charge < -0.3 is 0 Å². The molecule has 2 aliphatic carbocycles. The molecule has 0 aliphatic heterocycles. The molecule has 0 amide bonds. The number of allylic oxidation sites excluding steroid dienone is 2. The Morgan fingerprint density at radius 1 is 0.610 bits per heavy atom. The minimum absolute atomic E-state index is 0.139. The van der Waals surface area contributed by atoms with Crippen LogP contribution < -0.4 is 0 Å². The van der Waals surface area contributed by atoms with Crippen LogP contribution in [0.1, 0.15) is 97.9 Å². The molecule has 0 nitrogen and oxygen atoms in total. The molecular weight excluding hydrogens is 492 g/mol. The van der Waals surface area contributed by atoms with Crippen LogP contribution in [0.2, 0.25) is 0 Å². The van der Waals surface area contributed by atoms with E-state index in [2.05, 4.69) is 147 Å². The largest absolute Gasteiger partial charge is 0.0642 e. The second-order valence-corrected chi connectivity index (χ2v) is 13.7. The van der Waals surface area contributed by atoms with E-state index in [0.717, 1.165) is 0 Å². The van der Waals surface area contributed by atoms with Crippen LogP contribution in [0.4, 0.5) is 0 Å². The average molecular weight is 537 g/mol. The molecule has 0 saturated carbocycles. The maximum atomic E-state index is 2.53. The second-order valence-electron chi connectivity index (χ2n) is 13.7. The van der Waals surface area contributed by atoms with Crippen molar-refractivity contribution in [3.8, 4) is 22.3 Å². The van der Waals surface area contributed by atoms with Crippen molar-refractivity contribution in [3.63, 3.8) is 0 Å². The molecule has 208 valence electrons. The Bertz CT molecular complexity index is 1700. The van der Waals surface area contributed by atoms with Crippen LogP contribution in [0, 0.1) is 26.7 Å². The minimum atomic E-state index is 0.139. The third-order valence-corrected chi connectivity index (χ3v) is 9.91. The first-order chi connectivity index (χ1) is 19.5. The smallest absolute Gasteiger partial charge is 0.0168 e. The number of fused-ring (bicyclic) bond motifs is 2. The van der Waals surface area contributed by atoms with Gasteiger partial charge in [-0.05, 0) is 106 Å². The van der Waals surface area contributed by atoms with E-state index in [0.29, 0.717) is 17.8 Å². The van der Waals surface area contributed by atoms with E-state index in [1.165, 1.54) is 72.3 Å². The SMILES string of the molecule is CC1=Cc2c(C)c(C)c(C)c(-c3ccc(C(C)(C)C)cc3)c2C1C1C(C(C)C)=Cc2c(-c3ccccc3)cccc21. The van der Waals surface area contributed by atoms with Crippen molar-refractivity contribution in [3.05, 3.63) is 128 Å². The molecule has 0 N–H and O–H groups in total. The van der Waals surface area contributed by atoms with E-state index in [9.17, 15) is 0 Å². The summed E-state index contributed by atoms with van der Waals surface area (Å²) < 4.78 is 0. The Morgan fingerprint density at radius 2 is 1.29 bits per heavy atom. The highest BCUT2D eigenvalue weighted by Gasteiger charge is 2.41. The number of rotatable bonds is 4. The van der Waals surface area contributed by atoms with Gasteiger partial charge in [-0.15, -0.1) is 0 Å². The normalized spacial score (nSPS) is 17.9. The van der Waals surface area contributed by atoms with E-state index >= 15 is 0 Å². The van der Waals surface area contributed by atoms with Crippen LogP contribution in [0.25, 0.3) is 34.4 Å². The summed E-state index contributed by atoms with van der Waals surface area (Å²) in [6, 6.07) is 27.3. The van der Waals surface area contributed by atoms with E-state index in [1.54, 1.807) is 5.57 Å². The lowest BCUT2D eigenvalue weighted by molar-refractivity contribution is 0.590. The van der Waals surface area contributed by atoms with Crippen molar-refractivity contribution < 1.29 is 0 Å². The maximum absolute atomic E-state index is 2.53. The van der Waals surface area contributed by atoms with Crippen molar-refractivity contribution in [1.82, 2.24) is 0 Å². The number of benzene rings is 4. The van der Waals surface area contributed by atoms with Gasteiger partial charge in [0.05, 0.1) is 0 Å². The molecule has 41 heavy (non-hydrogen) atoms. The molecule has 0 bridgehead atoms. The van der Waals surface area contributed by atoms with Gasteiger partial charge in [-0.3, -0.25) is 0 Å². The fraction of sp³-hybridized carbons (Fsp3) is 0.317. The van der Waals surface area contributed by atoms with Crippen LogP contribution >= 0.6 is 0 Å². The van der Waals surface area contributed by atoms with Gasteiger partial charge in [0.15, 0.2) is 0 Å². The number of hydrogen-bond acceptors (Lipinski definition) is 0. The van der Waals surface area contributed by atoms with E-state index in [1.807, 2.05) is 0 Å². The summed E-state index contributed by atoms with van der Waals surface area (Å²) in [5, 5.41) is 0. The molecule has 2 aliphatic rings. The lowest BCUT2D eigenvalue weighted by atomic mass is 9.72. The van der Waals surface area contributed by atoms with Crippen LogP contribution in [-0.2, 0) is 5.41 Å². The first-order valence-electron chi connectivity index (χ1n) is 15.3. The van der Waals surface area contributed by atoms with Gasteiger partial charge in [0, 0.05) is 11.8 Å². The Morgan fingerprint density at radius 3 is 1.93 bits per heavy atom. The first kappa shape index (κ1) is 27.5. The van der Waals surface area contributed by atoms with E-state index < -0.39 is 0 Å². The summed E-state index contributed by atoms with van der Waals surface area (Å²) in [6.07, 6.45) is 5.04. The zero-order chi connectivity index (χ0) is 29.2. The molecular formula is C41H44. The van der Waals surface area contributed by atoms with Gasteiger partial charge in [-0.2, -0.15) is 0 Å². The lowest BCUT2D eigenvalue weighted by Crippen LogP contribution is -2.16. The van der Waals surface area contributed by atoms with Crippen molar-refractivity contribution >= 4 is 12.2 Å². The molecule has 0 saturated heterocycles. The van der Waals surface area contributed by atoms with Gasteiger partial charge in [-0.1, -0.05) is 131 Å².